The molecule has 2 amide bonds. The number of nitrogens with one attached hydrogen (secondary N) is 1. The number of carbonyl (C=O) groups excluding carboxylic acids is 2. The Morgan fingerprint density at radius 3 is 2.55 bits per heavy atom. The SMILES string of the molecule is COc1ccc(OC)c(NC(=O)C2(C)CCCN2C(=O)OCc2ccccc2)c1. The van der Waals surface area contributed by atoms with Crippen LogP contribution in [0, 0.1) is 0 Å². The van der Waals surface area contributed by atoms with Gasteiger partial charge in [-0.15, -0.1) is 0 Å². The lowest BCUT2D eigenvalue weighted by molar-refractivity contribution is -0.125. The molecule has 1 fully saturated rings. The Hall–Kier alpha value is -3.22. The zero-order chi connectivity index (χ0) is 20.9. The summed E-state index contributed by atoms with van der Waals surface area (Å²) in [5.74, 6) is 0.814. The average Bonchev–Trinajstić information content (AvgIpc) is 3.15. The highest BCUT2D eigenvalue weighted by Crippen LogP contribution is 2.34. The highest BCUT2D eigenvalue weighted by atomic mass is 16.6. The van der Waals surface area contributed by atoms with Gasteiger partial charge in [-0.3, -0.25) is 9.69 Å². The van der Waals surface area contributed by atoms with Gasteiger partial charge in [0.05, 0.1) is 19.9 Å². The molecule has 7 heteroatoms. The molecular weight excluding hydrogens is 372 g/mol. The van der Waals surface area contributed by atoms with Crippen molar-refractivity contribution < 1.29 is 23.8 Å². The van der Waals surface area contributed by atoms with Crippen LogP contribution in [0.15, 0.2) is 48.5 Å². The number of anilines is 1. The summed E-state index contributed by atoms with van der Waals surface area (Å²) in [5, 5.41) is 2.88. The molecule has 2 aromatic carbocycles. The molecule has 1 atom stereocenters. The third-order valence-electron chi connectivity index (χ3n) is 5.21. The van der Waals surface area contributed by atoms with E-state index in [1.807, 2.05) is 30.3 Å². The van der Waals surface area contributed by atoms with Crippen LogP contribution in [0.25, 0.3) is 0 Å². The van der Waals surface area contributed by atoms with Crippen molar-refractivity contribution in [3.63, 3.8) is 0 Å². The molecule has 1 saturated heterocycles. The predicted molar refractivity (Wildman–Crippen MR) is 109 cm³/mol. The van der Waals surface area contributed by atoms with Crippen molar-refractivity contribution >= 4 is 17.7 Å². The second-order valence-electron chi connectivity index (χ2n) is 7.09. The van der Waals surface area contributed by atoms with Crippen molar-refractivity contribution in [1.82, 2.24) is 4.90 Å². The van der Waals surface area contributed by atoms with Crippen molar-refractivity contribution in [2.75, 3.05) is 26.1 Å². The fraction of sp³-hybridized carbons (Fsp3) is 0.364. The zero-order valence-electron chi connectivity index (χ0n) is 16.9. The first kappa shape index (κ1) is 20.5. The summed E-state index contributed by atoms with van der Waals surface area (Å²) in [4.78, 5) is 27.3. The van der Waals surface area contributed by atoms with Gasteiger partial charge < -0.3 is 19.5 Å². The number of benzene rings is 2. The molecule has 154 valence electrons. The van der Waals surface area contributed by atoms with E-state index in [2.05, 4.69) is 5.32 Å². The summed E-state index contributed by atoms with van der Waals surface area (Å²) in [6.45, 7) is 2.39. The van der Waals surface area contributed by atoms with Crippen molar-refractivity contribution in [3.8, 4) is 11.5 Å². The molecule has 2 aromatic rings. The number of hydrogen-bond donors (Lipinski definition) is 1. The van der Waals surface area contributed by atoms with Gasteiger partial charge >= 0.3 is 6.09 Å². The first-order chi connectivity index (χ1) is 14.0. The Labute approximate surface area is 170 Å². The van der Waals surface area contributed by atoms with E-state index in [0.29, 0.717) is 30.2 Å². The maximum Gasteiger partial charge on any atom is 0.410 e. The lowest BCUT2D eigenvalue weighted by Crippen LogP contribution is -2.53. The van der Waals surface area contributed by atoms with Gasteiger partial charge in [-0.05, 0) is 37.5 Å². The van der Waals surface area contributed by atoms with Crippen molar-refractivity contribution in [1.29, 1.82) is 0 Å². The van der Waals surface area contributed by atoms with Crippen molar-refractivity contribution in [3.05, 3.63) is 54.1 Å². The Balaban J connectivity index is 1.72. The van der Waals surface area contributed by atoms with Crippen molar-refractivity contribution in [2.45, 2.75) is 31.9 Å². The average molecular weight is 398 g/mol. The Kier molecular flexibility index (Phi) is 6.26. The number of likely N-dealkylation sites (tertiary alicyclic amines) is 1. The van der Waals surface area contributed by atoms with Crippen LogP contribution in [-0.2, 0) is 16.1 Å². The summed E-state index contributed by atoms with van der Waals surface area (Å²) in [6.07, 6.45) is 0.770. The molecule has 0 spiro atoms. The topological polar surface area (TPSA) is 77.1 Å². The maximum atomic E-state index is 13.1. The van der Waals surface area contributed by atoms with E-state index in [1.165, 1.54) is 12.0 Å². The van der Waals surface area contributed by atoms with E-state index < -0.39 is 11.6 Å². The van der Waals surface area contributed by atoms with Gasteiger partial charge in [-0.1, -0.05) is 30.3 Å². The Bertz CT molecular complexity index is 871. The largest absolute Gasteiger partial charge is 0.497 e. The number of amides is 2. The molecule has 7 nitrogen and oxygen atoms in total. The highest BCUT2D eigenvalue weighted by Gasteiger charge is 2.46. The fourth-order valence-corrected chi connectivity index (χ4v) is 3.46. The lowest BCUT2D eigenvalue weighted by atomic mass is 9.97. The van der Waals surface area contributed by atoms with E-state index in [4.69, 9.17) is 14.2 Å². The highest BCUT2D eigenvalue weighted by molar-refractivity contribution is 6.01. The molecule has 1 unspecified atom stereocenters. The van der Waals surface area contributed by atoms with Gasteiger partial charge in [-0.2, -0.15) is 0 Å². The molecule has 1 aliphatic heterocycles. The van der Waals surface area contributed by atoms with Crippen LogP contribution in [0.4, 0.5) is 10.5 Å². The zero-order valence-corrected chi connectivity index (χ0v) is 16.9. The molecule has 1 N–H and O–H groups in total. The molecule has 0 saturated carbocycles. The second kappa shape index (κ2) is 8.86. The molecule has 0 aromatic heterocycles. The van der Waals surface area contributed by atoms with Gasteiger partial charge in [0.2, 0.25) is 5.91 Å². The summed E-state index contributed by atoms with van der Waals surface area (Å²) in [5.41, 5.74) is 0.372. The van der Waals surface area contributed by atoms with Crippen LogP contribution in [0.3, 0.4) is 0 Å². The molecule has 3 rings (SSSR count). The van der Waals surface area contributed by atoms with Crippen LogP contribution in [0.1, 0.15) is 25.3 Å². The van der Waals surface area contributed by atoms with E-state index in [0.717, 1.165) is 12.0 Å². The third-order valence-corrected chi connectivity index (χ3v) is 5.21. The predicted octanol–water partition coefficient (Wildman–Crippen LogP) is 3.83. The number of methoxy groups -OCH3 is 2. The summed E-state index contributed by atoms with van der Waals surface area (Å²) in [6, 6.07) is 14.6. The van der Waals surface area contributed by atoms with Gasteiger partial charge in [0.25, 0.3) is 0 Å². The molecule has 0 bridgehead atoms. The molecule has 1 heterocycles. The number of ether oxygens (including phenoxy) is 3. The first-order valence-corrected chi connectivity index (χ1v) is 9.50. The molecular formula is C22H26N2O5. The molecule has 0 aliphatic carbocycles. The van der Waals surface area contributed by atoms with Gasteiger partial charge in [0.15, 0.2) is 0 Å². The summed E-state index contributed by atoms with van der Waals surface area (Å²) in [7, 11) is 3.08. The second-order valence-corrected chi connectivity index (χ2v) is 7.09. The lowest BCUT2D eigenvalue weighted by Gasteiger charge is -2.33. The van der Waals surface area contributed by atoms with E-state index in [-0.39, 0.29) is 12.5 Å². The maximum absolute atomic E-state index is 13.1. The van der Waals surface area contributed by atoms with Crippen LogP contribution in [0.2, 0.25) is 0 Å². The summed E-state index contributed by atoms with van der Waals surface area (Å²) < 4.78 is 16.0. The smallest absolute Gasteiger partial charge is 0.410 e. The monoisotopic (exact) mass is 398 g/mol. The Morgan fingerprint density at radius 1 is 1.10 bits per heavy atom. The standard InChI is InChI=1S/C22H26N2O5/c1-22(20(25)23-18-14-17(27-2)10-11-19(18)28-3)12-7-13-24(22)21(26)29-15-16-8-5-4-6-9-16/h4-6,8-11,14H,7,12-13,15H2,1-3H3,(H,23,25). The number of carbonyl (C=O) groups is 2. The molecule has 1 aliphatic rings. The van der Waals surface area contributed by atoms with Gasteiger partial charge in [0, 0.05) is 12.6 Å². The Morgan fingerprint density at radius 2 is 1.86 bits per heavy atom. The third kappa shape index (κ3) is 4.45. The minimum Gasteiger partial charge on any atom is -0.497 e. The van der Waals surface area contributed by atoms with E-state index >= 15 is 0 Å². The molecule has 0 radical (unpaired) electrons. The quantitative estimate of drug-likeness (QED) is 0.800. The van der Waals surface area contributed by atoms with Crippen molar-refractivity contribution in [2.24, 2.45) is 0 Å². The van der Waals surface area contributed by atoms with Crippen LogP contribution >= 0.6 is 0 Å². The van der Waals surface area contributed by atoms with Gasteiger partial charge in [0.1, 0.15) is 23.6 Å². The van der Waals surface area contributed by atoms with Crippen LogP contribution < -0.4 is 14.8 Å². The van der Waals surface area contributed by atoms with Crippen LogP contribution in [0.5, 0.6) is 11.5 Å². The van der Waals surface area contributed by atoms with E-state index in [1.54, 1.807) is 32.2 Å². The van der Waals surface area contributed by atoms with E-state index in [9.17, 15) is 9.59 Å². The number of hydrogen-bond acceptors (Lipinski definition) is 5. The minimum absolute atomic E-state index is 0.164. The number of rotatable bonds is 6. The minimum atomic E-state index is -1.01. The number of nitrogens with zero attached hydrogens (tertiary/aromatic N) is 1. The molecule has 29 heavy (non-hydrogen) atoms. The fourth-order valence-electron chi connectivity index (χ4n) is 3.46. The van der Waals surface area contributed by atoms with Gasteiger partial charge in [-0.25, -0.2) is 4.79 Å². The van der Waals surface area contributed by atoms with Crippen LogP contribution in [-0.4, -0.2) is 43.2 Å². The normalized spacial score (nSPS) is 18.2. The first-order valence-electron chi connectivity index (χ1n) is 9.50. The summed E-state index contributed by atoms with van der Waals surface area (Å²) >= 11 is 0.